The number of hydrogen-bond acceptors (Lipinski definition) is 5. The second-order valence-corrected chi connectivity index (χ2v) is 7.48. The SMILES string of the molecule is Cc1cc(C(=O)N2CCCCC2c2nc(-c3ccccc3)no2)c2[nH]ncc2c1. The van der Waals surface area contributed by atoms with Crippen LogP contribution in [-0.2, 0) is 0 Å². The second kappa shape index (κ2) is 7.16. The Morgan fingerprint density at radius 3 is 2.93 bits per heavy atom. The number of nitrogens with one attached hydrogen (secondary N) is 1. The van der Waals surface area contributed by atoms with E-state index in [2.05, 4.69) is 20.3 Å². The number of hydrogen-bond donors (Lipinski definition) is 1. The van der Waals surface area contributed by atoms with Crippen molar-refractivity contribution in [2.75, 3.05) is 6.54 Å². The molecule has 1 unspecified atom stereocenters. The fourth-order valence-corrected chi connectivity index (χ4v) is 4.04. The zero-order valence-electron chi connectivity index (χ0n) is 16.1. The Hall–Kier alpha value is -3.48. The van der Waals surface area contributed by atoms with Crippen molar-refractivity contribution in [1.82, 2.24) is 25.2 Å². The number of rotatable bonds is 3. The molecule has 0 saturated carbocycles. The van der Waals surface area contributed by atoms with Crippen LogP contribution in [0.2, 0.25) is 0 Å². The molecule has 7 heteroatoms. The molecule has 1 aliphatic heterocycles. The number of aryl methyl sites for hydroxylation is 1. The molecule has 1 N–H and O–H groups in total. The lowest BCUT2D eigenvalue weighted by Gasteiger charge is -2.33. The number of likely N-dealkylation sites (tertiary alicyclic amines) is 1. The Balaban J connectivity index is 1.50. The molecular formula is C22H21N5O2. The summed E-state index contributed by atoms with van der Waals surface area (Å²) < 4.78 is 5.60. The topological polar surface area (TPSA) is 87.9 Å². The average molecular weight is 387 g/mol. The molecule has 0 radical (unpaired) electrons. The summed E-state index contributed by atoms with van der Waals surface area (Å²) in [5, 5.41) is 12.2. The van der Waals surface area contributed by atoms with E-state index in [9.17, 15) is 4.79 Å². The van der Waals surface area contributed by atoms with Crippen molar-refractivity contribution in [3.05, 3.63) is 65.7 Å². The maximum Gasteiger partial charge on any atom is 0.256 e. The number of benzene rings is 2. The van der Waals surface area contributed by atoms with Gasteiger partial charge in [-0.2, -0.15) is 10.1 Å². The van der Waals surface area contributed by atoms with Crippen molar-refractivity contribution in [3.8, 4) is 11.4 Å². The molecule has 0 spiro atoms. The van der Waals surface area contributed by atoms with Crippen LogP contribution in [0.3, 0.4) is 0 Å². The van der Waals surface area contributed by atoms with Crippen LogP contribution in [0.5, 0.6) is 0 Å². The third kappa shape index (κ3) is 3.18. The van der Waals surface area contributed by atoms with E-state index in [0.717, 1.165) is 41.3 Å². The summed E-state index contributed by atoms with van der Waals surface area (Å²) in [6, 6.07) is 13.4. The molecule has 3 heterocycles. The lowest BCUT2D eigenvalue weighted by molar-refractivity contribution is 0.0563. The summed E-state index contributed by atoms with van der Waals surface area (Å²) in [7, 11) is 0. The lowest BCUT2D eigenvalue weighted by Crippen LogP contribution is -2.38. The highest BCUT2D eigenvalue weighted by Crippen LogP contribution is 2.33. The average Bonchev–Trinajstić information content (AvgIpc) is 3.43. The van der Waals surface area contributed by atoms with E-state index in [1.165, 1.54) is 0 Å². The van der Waals surface area contributed by atoms with Gasteiger partial charge in [0.1, 0.15) is 6.04 Å². The fourth-order valence-electron chi connectivity index (χ4n) is 4.04. The Kier molecular flexibility index (Phi) is 4.35. The highest BCUT2D eigenvalue weighted by molar-refractivity contribution is 6.05. The van der Waals surface area contributed by atoms with Crippen LogP contribution in [0.15, 0.2) is 53.2 Å². The highest BCUT2D eigenvalue weighted by Gasteiger charge is 2.33. The summed E-state index contributed by atoms with van der Waals surface area (Å²) in [5.74, 6) is 1.00. The van der Waals surface area contributed by atoms with Crippen molar-refractivity contribution in [2.45, 2.75) is 32.2 Å². The summed E-state index contributed by atoms with van der Waals surface area (Å²) in [4.78, 5) is 20.0. The van der Waals surface area contributed by atoms with Gasteiger partial charge in [0.15, 0.2) is 0 Å². The maximum absolute atomic E-state index is 13.5. The number of carbonyl (C=O) groups excluding carboxylic acids is 1. The van der Waals surface area contributed by atoms with E-state index in [0.29, 0.717) is 23.8 Å². The van der Waals surface area contributed by atoms with Gasteiger partial charge < -0.3 is 9.42 Å². The predicted molar refractivity (Wildman–Crippen MR) is 108 cm³/mol. The number of carbonyl (C=O) groups is 1. The van der Waals surface area contributed by atoms with Gasteiger partial charge in [-0.15, -0.1) is 0 Å². The van der Waals surface area contributed by atoms with Crippen molar-refractivity contribution >= 4 is 16.8 Å². The molecule has 5 rings (SSSR count). The zero-order valence-corrected chi connectivity index (χ0v) is 16.1. The van der Waals surface area contributed by atoms with Crippen LogP contribution in [0.25, 0.3) is 22.3 Å². The lowest BCUT2D eigenvalue weighted by atomic mass is 9.99. The summed E-state index contributed by atoms with van der Waals surface area (Å²) in [6.07, 6.45) is 4.53. The summed E-state index contributed by atoms with van der Waals surface area (Å²) in [5.41, 5.74) is 3.32. The predicted octanol–water partition coefficient (Wildman–Crippen LogP) is 4.29. The van der Waals surface area contributed by atoms with Crippen LogP contribution in [-0.4, -0.2) is 37.7 Å². The molecule has 1 saturated heterocycles. The zero-order chi connectivity index (χ0) is 19.8. The Morgan fingerprint density at radius 2 is 2.07 bits per heavy atom. The van der Waals surface area contributed by atoms with Gasteiger partial charge in [-0.25, -0.2) is 0 Å². The van der Waals surface area contributed by atoms with Crippen LogP contribution in [0.1, 0.15) is 47.1 Å². The molecule has 0 bridgehead atoms. The van der Waals surface area contributed by atoms with Crippen LogP contribution in [0, 0.1) is 6.92 Å². The Bertz CT molecular complexity index is 1160. The van der Waals surface area contributed by atoms with Gasteiger partial charge in [-0.1, -0.05) is 35.5 Å². The van der Waals surface area contributed by atoms with Gasteiger partial charge in [0.05, 0.1) is 17.3 Å². The van der Waals surface area contributed by atoms with E-state index in [1.54, 1.807) is 6.20 Å². The molecule has 2 aromatic carbocycles. The molecule has 1 atom stereocenters. The second-order valence-electron chi connectivity index (χ2n) is 7.48. The Labute approximate surface area is 167 Å². The third-order valence-electron chi connectivity index (χ3n) is 5.45. The number of aromatic amines is 1. The molecule has 146 valence electrons. The van der Waals surface area contributed by atoms with E-state index >= 15 is 0 Å². The minimum atomic E-state index is -0.223. The van der Waals surface area contributed by atoms with Crippen LogP contribution >= 0.6 is 0 Å². The number of aromatic nitrogens is 4. The van der Waals surface area contributed by atoms with Gasteiger partial charge in [0, 0.05) is 17.5 Å². The Morgan fingerprint density at radius 1 is 1.21 bits per heavy atom. The van der Waals surface area contributed by atoms with Gasteiger partial charge in [-0.05, 0) is 43.9 Å². The standard InChI is InChI=1S/C22H21N5O2/c1-14-11-16-13-23-25-19(16)17(12-14)22(28)27-10-6-5-9-18(27)21-24-20(26-29-21)15-7-3-2-4-8-15/h2-4,7-8,11-13,18H,5-6,9-10H2,1H3,(H,23,25). The first-order chi connectivity index (χ1) is 14.2. The molecule has 1 aliphatic rings. The third-order valence-corrected chi connectivity index (χ3v) is 5.45. The van der Waals surface area contributed by atoms with Crippen molar-refractivity contribution < 1.29 is 9.32 Å². The molecule has 2 aromatic heterocycles. The van der Waals surface area contributed by atoms with E-state index in [4.69, 9.17) is 4.52 Å². The van der Waals surface area contributed by atoms with Gasteiger partial charge in [0.25, 0.3) is 5.91 Å². The first kappa shape index (κ1) is 17.6. The van der Waals surface area contributed by atoms with Crippen molar-refractivity contribution in [2.24, 2.45) is 0 Å². The van der Waals surface area contributed by atoms with Crippen LogP contribution in [0.4, 0.5) is 0 Å². The van der Waals surface area contributed by atoms with E-state index < -0.39 is 0 Å². The number of piperidine rings is 1. The normalized spacial score (nSPS) is 17.0. The first-order valence-electron chi connectivity index (χ1n) is 9.84. The smallest absolute Gasteiger partial charge is 0.256 e. The minimum absolute atomic E-state index is 0.0351. The highest BCUT2D eigenvalue weighted by atomic mass is 16.5. The quantitative estimate of drug-likeness (QED) is 0.567. The molecule has 29 heavy (non-hydrogen) atoms. The number of nitrogens with zero attached hydrogens (tertiary/aromatic N) is 4. The van der Waals surface area contributed by atoms with E-state index in [1.807, 2.05) is 54.3 Å². The molecular weight excluding hydrogens is 366 g/mol. The number of amides is 1. The van der Waals surface area contributed by atoms with Crippen LogP contribution < -0.4 is 0 Å². The van der Waals surface area contributed by atoms with Crippen molar-refractivity contribution in [1.29, 1.82) is 0 Å². The monoisotopic (exact) mass is 387 g/mol. The van der Waals surface area contributed by atoms with Crippen molar-refractivity contribution in [3.63, 3.8) is 0 Å². The molecule has 1 amide bonds. The minimum Gasteiger partial charge on any atom is -0.337 e. The number of fused-ring (bicyclic) bond motifs is 1. The molecule has 4 aromatic rings. The molecule has 7 nitrogen and oxygen atoms in total. The molecule has 0 aliphatic carbocycles. The summed E-state index contributed by atoms with van der Waals surface area (Å²) in [6.45, 7) is 2.65. The number of H-pyrrole nitrogens is 1. The van der Waals surface area contributed by atoms with Gasteiger partial charge in [0.2, 0.25) is 11.7 Å². The largest absolute Gasteiger partial charge is 0.337 e. The maximum atomic E-state index is 13.5. The van der Waals surface area contributed by atoms with Gasteiger partial charge in [-0.3, -0.25) is 9.89 Å². The first-order valence-corrected chi connectivity index (χ1v) is 9.84. The summed E-state index contributed by atoms with van der Waals surface area (Å²) >= 11 is 0. The van der Waals surface area contributed by atoms with Gasteiger partial charge >= 0.3 is 0 Å². The van der Waals surface area contributed by atoms with E-state index in [-0.39, 0.29) is 11.9 Å². The fraction of sp³-hybridized carbons (Fsp3) is 0.273. The molecule has 1 fully saturated rings.